The van der Waals surface area contributed by atoms with Gasteiger partial charge in [-0.05, 0) is 25.0 Å². The van der Waals surface area contributed by atoms with Gasteiger partial charge in [-0.15, -0.1) is 0 Å². The zero-order chi connectivity index (χ0) is 18.2. The van der Waals surface area contributed by atoms with Crippen LogP contribution in [0.5, 0.6) is 11.5 Å². The van der Waals surface area contributed by atoms with Gasteiger partial charge in [-0.2, -0.15) is 0 Å². The van der Waals surface area contributed by atoms with Crippen LogP contribution in [-0.2, 0) is 6.54 Å². The second kappa shape index (κ2) is 8.96. The maximum absolute atomic E-state index is 5.32. The third-order valence-electron chi connectivity index (χ3n) is 3.55. The molecular weight excluding hydrogens is 320 g/mol. The van der Waals surface area contributed by atoms with E-state index < -0.39 is 0 Å². The van der Waals surface area contributed by atoms with Gasteiger partial charge in [-0.1, -0.05) is 19.0 Å². The molecule has 7 nitrogen and oxygen atoms in total. The first-order valence-corrected chi connectivity index (χ1v) is 8.30. The highest BCUT2D eigenvalue weighted by Gasteiger charge is 2.09. The smallest absolute Gasteiger partial charge is 0.196 e. The van der Waals surface area contributed by atoms with Crippen molar-refractivity contribution in [2.75, 3.05) is 26.1 Å². The number of hydrogen-bond acceptors (Lipinski definition) is 5. The third-order valence-corrected chi connectivity index (χ3v) is 3.55. The number of hydrogen-bond donors (Lipinski definition) is 2. The van der Waals surface area contributed by atoms with Crippen molar-refractivity contribution < 1.29 is 14.0 Å². The van der Waals surface area contributed by atoms with Crippen molar-refractivity contribution in [2.45, 2.75) is 33.2 Å². The average Bonchev–Trinajstić information content (AvgIpc) is 3.09. The molecular formula is C18H26N4O3. The van der Waals surface area contributed by atoms with Crippen molar-refractivity contribution in [3.63, 3.8) is 0 Å². The number of benzene rings is 1. The highest BCUT2D eigenvalue weighted by atomic mass is 16.5. The van der Waals surface area contributed by atoms with E-state index in [2.05, 4.69) is 34.6 Å². The van der Waals surface area contributed by atoms with Crippen molar-refractivity contribution in [1.82, 2.24) is 10.5 Å². The minimum atomic E-state index is 0.333. The topological polar surface area (TPSA) is 80.9 Å². The summed E-state index contributed by atoms with van der Waals surface area (Å²) < 4.78 is 15.9. The maximum atomic E-state index is 5.32. The molecule has 0 spiro atoms. The zero-order valence-electron chi connectivity index (χ0n) is 15.4. The molecule has 1 aromatic carbocycles. The summed E-state index contributed by atoms with van der Waals surface area (Å²) in [4.78, 5) is 4.54. The fourth-order valence-electron chi connectivity index (χ4n) is 2.19. The molecule has 0 aliphatic rings. The Morgan fingerprint density at radius 1 is 1.20 bits per heavy atom. The minimum Gasteiger partial charge on any atom is -0.493 e. The van der Waals surface area contributed by atoms with Gasteiger partial charge in [0, 0.05) is 24.4 Å². The van der Waals surface area contributed by atoms with E-state index in [0.29, 0.717) is 29.9 Å². The van der Waals surface area contributed by atoms with Crippen LogP contribution in [0.15, 0.2) is 33.8 Å². The van der Waals surface area contributed by atoms with E-state index >= 15 is 0 Å². The number of ether oxygens (including phenoxy) is 2. The Morgan fingerprint density at radius 2 is 1.96 bits per heavy atom. The summed E-state index contributed by atoms with van der Waals surface area (Å²) in [5.41, 5.74) is 1.78. The molecule has 0 amide bonds. The minimum absolute atomic E-state index is 0.333. The SMILES string of the molecule is CCNC(=NCc1cc(C(C)C)no1)Nc1ccc(OC)c(OC)c1. The van der Waals surface area contributed by atoms with Crippen molar-refractivity contribution in [2.24, 2.45) is 4.99 Å². The lowest BCUT2D eigenvalue weighted by Crippen LogP contribution is -2.30. The Balaban J connectivity index is 2.11. The number of nitrogens with one attached hydrogen (secondary N) is 2. The predicted octanol–water partition coefficient (Wildman–Crippen LogP) is 3.39. The summed E-state index contributed by atoms with van der Waals surface area (Å²) in [6, 6.07) is 7.54. The maximum Gasteiger partial charge on any atom is 0.196 e. The molecule has 2 aromatic rings. The monoisotopic (exact) mass is 346 g/mol. The Bertz CT molecular complexity index is 710. The number of guanidine groups is 1. The van der Waals surface area contributed by atoms with Crippen LogP contribution < -0.4 is 20.1 Å². The predicted molar refractivity (Wildman–Crippen MR) is 98.6 cm³/mol. The lowest BCUT2D eigenvalue weighted by molar-refractivity contribution is 0.355. The van der Waals surface area contributed by atoms with Gasteiger partial charge < -0.3 is 24.6 Å². The van der Waals surface area contributed by atoms with Crippen molar-refractivity contribution in [3.8, 4) is 11.5 Å². The number of nitrogens with zero attached hydrogens (tertiary/aromatic N) is 2. The fourth-order valence-corrected chi connectivity index (χ4v) is 2.19. The summed E-state index contributed by atoms with van der Waals surface area (Å²) in [5, 5.41) is 10.5. The van der Waals surface area contributed by atoms with E-state index in [-0.39, 0.29) is 0 Å². The Morgan fingerprint density at radius 3 is 2.56 bits per heavy atom. The first-order chi connectivity index (χ1) is 12.1. The van der Waals surface area contributed by atoms with E-state index in [1.54, 1.807) is 14.2 Å². The van der Waals surface area contributed by atoms with Gasteiger partial charge in [-0.3, -0.25) is 0 Å². The van der Waals surface area contributed by atoms with Crippen molar-refractivity contribution in [1.29, 1.82) is 0 Å². The van der Waals surface area contributed by atoms with Gasteiger partial charge in [0.05, 0.1) is 19.9 Å². The van der Waals surface area contributed by atoms with E-state index in [9.17, 15) is 0 Å². The molecule has 0 unspecified atom stereocenters. The van der Waals surface area contributed by atoms with Crippen LogP contribution in [-0.4, -0.2) is 31.9 Å². The first-order valence-electron chi connectivity index (χ1n) is 8.30. The lowest BCUT2D eigenvalue weighted by Gasteiger charge is -2.13. The van der Waals surface area contributed by atoms with Crippen LogP contribution in [0.3, 0.4) is 0 Å². The zero-order valence-corrected chi connectivity index (χ0v) is 15.4. The molecule has 0 aliphatic heterocycles. The number of aliphatic imine (C=N–C) groups is 1. The number of methoxy groups -OCH3 is 2. The van der Waals surface area contributed by atoms with Gasteiger partial charge in [0.15, 0.2) is 23.2 Å². The summed E-state index contributed by atoms with van der Waals surface area (Å²) in [5.74, 6) is 3.04. The van der Waals surface area contributed by atoms with Crippen LogP contribution in [0.25, 0.3) is 0 Å². The van der Waals surface area contributed by atoms with Crippen LogP contribution in [0.2, 0.25) is 0 Å². The fraction of sp³-hybridized carbons (Fsp3) is 0.444. The molecule has 0 bridgehead atoms. The van der Waals surface area contributed by atoms with Crippen molar-refractivity contribution >= 4 is 11.6 Å². The van der Waals surface area contributed by atoms with Gasteiger partial charge in [0.1, 0.15) is 6.54 Å². The summed E-state index contributed by atoms with van der Waals surface area (Å²) in [7, 11) is 3.22. The molecule has 2 rings (SSSR count). The summed E-state index contributed by atoms with van der Waals surface area (Å²) in [6.45, 7) is 7.31. The van der Waals surface area contributed by atoms with Gasteiger partial charge in [-0.25, -0.2) is 4.99 Å². The summed E-state index contributed by atoms with van der Waals surface area (Å²) >= 11 is 0. The molecule has 136 valence electrons. The van der Waals surface area contributed by atoms with Crippen molar-refractivity contribution in [3.05, 3.63) is 35.7 Å². The average molecular weight is 346 g/mol. The number of rotatable bonds is 7. The van der Waals surface area contributed by atoms with Crippen LogP contribution in [0, 0.1) is 0 Å². The van der Waals surface area contributed by atoms with E-state index in [4.69, 9.17) is 14.0 Å². The highest BCUT2D eigenvalue weighted by Crippen LogP contribution is 2.29. The molecule has 0 saturated heterocycles. The molecule has 1 heterocycles. The van der Waals surface area contributed by atoms with Gasteiger partial charge >= 0.3 is 0 Å². The molecule has 0 radical (unpaired) electrons. The van der Waals surface area contributed by atoms with E-state index in [0.717, 1.165) is 23.7 Å². The molecule has 25 heavy (non-hydrogen) atoms. The molecule has 1 aromatic heterocycles. The molecule has 7 heteroatoms. The first kappa shape index (κ1) is 18.6. The van der Waals surface area contributed by atoms with E-state index in [1.165, 1.54) is 0 Å². The molecule has 0 atom stereocenters. The molecule has 0 saturated carbocycles. The lowest BCUT2D eigenvalue weighted by atomic mass is 10.1. The Labute approximate surface area is 148 Å². The number of anilines is 1. The third kappa shape index (κ3) is 5.14. The van der Waals surface area contributed by atoms with Gasteiger partial charge in [0.25, 0.3) is 0 Å². The normalized spacial score (nSPS) is 11.5. The van der Waals surface area contributed by atoms with Crippen LogP contribution >= 0.6 is 0 Å². The second-order valence-electron chi connectivity index (χ2n) is 5.76. The van der Waals surface area contributed by atoms with E-state index in [1.807, 2.05) is 31.2 Å². The summed E-state index contributed by atoms with van der Waals surface area (Å²) in [6.07, 6.45) is 0. The molecule has 0 aliphatic carbocycles. The Hall–Kier alpha value is -2.70. The quantitative estimate of drug-likeness (QED) is 0.591. The largest absolute Gasteiger partial charge is 0.493 e. The van der Waals surface area contributed by atoms with Gasteiger partial charge in [0.2, 0.25) is 0 Å². The molecule has 0 fully saturated rings. The second-order valence-corrected chi connectivity index (χ2v) is 5.76. The Kier molecular flexibility index (Phi) is 6.68. The standard InChI is InChI=1S/C18H26N4O3/c1-6-19-18(20-11-14-10-15(12(2)3)22-25-14)21-13-7-8-16(23-4)17(9-13)24-5/h7-10,12H,6,11H2,1-5H3,(H2,19,20,21). The van der Waals surface area contributed by atoms with Crippen LogP contribution in [0.4, 0.5) is 5.69 Å². The number of aromatic nitrogens is 1. The highest BCUT2D eigenvalue weighted by molar-refractivity contribution is 5.93. The molecule has 2 N–H and O–H groups in total. The van der Waals surface area contributed by atoms with Crippen LogP contribution in [0.1, 0.15) is 38.1 Å².